The minimum absolute atomic E-state index is 0.0825. The van der Waals surface area contributed by atoms with Crippen molar-refractivity contribution < 1.29 is 31.5 Å². The van der Waals surface area contributed by atoms with E-state index in [1.165, 1.54) is 16.4 Å². The van der Waals surface area contributed by atoms with Gasteiger partial charge in [-0.05, 0) is 43.9 Å². The number of benzene rings is 2. The minimum atomic E-state index is -4.06. The molecule has 2 heterocycles. The molecule has 3 atom stereocenters. The molecule has 2 fully saturated rings. The lowest BCUT2D eigenvalue weighted by molar-refractivity contribution is 0.0768. The Morgan fingerprint density at radius 1 is 1.06 bits per heavy atom. The zero-order valence-electron chi connectivity index (χ0n) is 16.0. The van der Waals surface area contributed by atoms with Gasteiger partial charge in [0.1, 0.15) is 4.90 Å². The van der Waals surface area contributed by atoms with Gasteiger partial charge in [0.05, 0.1) is 11.1 Å². The van der Waals surface area contributed by atoms with Crippen LogP contribution in [0.2, 0.25) is 5.02 Å². The lowest BCUT2D eigenvalue weighted by Crippen LogP contribution is -2.47. The topological polar surface area (TPSA) is 86.7 Å². The standard InChI is InChI=1S/C20H18ClF3N2O4S/c21-15-4-1-10(20(28)25-11-6-16(22)19(24)17(23)7-11)5-18(15)31(29,30)26-12-2-3-13(26)9-14(27)8-12/h1,4-7,12-14,27H,2-3,8-9H2,(H,25,28)/t12-,13?,14-/m1/s1. The van der Waals surface area contributed by atoms with Gasteiger partial charge < -0.3 is 10.4 Å². The molecule has 6 nitrogen and oxygen atoms in total. The van der Waals surface area contributed by atoms with Gasteiger partial charge in [-0.25, -0.2) is 21.6 Å². The maximum atomic E-state index is 13.4. The first-order valence-corrected chi connectivity index (χ1v) is 11.4. The molecule has 0 aromatic heterocycles. The third-order valence-electron chi connectivity index (χ3n) is 5.63. The molecule has 2 aliphatic heterocycles. The predicted molar refractivity (Wildman–Crippen MR) is 107 cm³/mol. The number of hydrogen-bond donors (Lipinski definition) is 2. The number of halogens is 4. The molecule has 2 aromatic rings. The van der Waals surface area contributed by atoms with Crippen LogP contribution in [0.15, 0.2) is 35.2 Å². The first-order valence-electron chi connectivity index (χ1n) is 9.55. The van der Waals surface area contributed by atoms with Crippen molar-refractivity contribution >= 4 is 33.2 Å². The van der Waals surface area contributed by atoms with Gasteiger partial charge in [-0.15, -0.1) is 0 Å². The third kappa shape index (κ3) is 4.05. The molecule has 0 saturated carbocycles. The van der Waals surface area contributed by atoms with E-state index in [0.717, 1.165) is 6.07 Å². The lowest BCUT2D eigenvalue weighted by Gasteiger charge is -2.36. The molecule has 4 rings (SSSR count). The largest absolute Gasteiger partial charge is 0.393 e. The number of hydrogen-bond acceptors (Lipinski definition) is 4. The molecular weight excluding hydrogens is 457 g/mol. The van der Waals surface area contributed by atoms with Gasteiger partial charge in [-0.3, -0.25) is 4.79 Å². The van der Waals surface area contributed by atoms with Crippen molar-refractivity contribution in [3.05, 3.63) is 58.4 Å². The van der Waals surface area contributed by atoms with E-state index in [1.54, 1.807) is 0 Å². The predicted octanol–water partition coefficient (Wildman–Crippen LogP) is 3.69. The first-order chi connectivity index (χ1) is 14.6. The van der Waals surface area contributed by atoms with Gasteiger partial charge in [0.25, 0.3) is 5.91 Å². The van der Waals surface area contributed by atoms with Crippen LogP contribution in [0.3, 0.4) is 0 Å². The number of nitrogens with zero attached hydrogens (tertiary/aromatic N) is 1. The molecule has 0 spiro atoms. The Kier molecular flexibility index (Phi) is 5.76. The van der Waals surface area contributed by atoms with Crippen molar-refractivity contribution in [2.75, 3.05) is 5.32 Å². The molecule has 11 heteroatoms. The van der Waals surface area contributed by atoms with Gasteiger partial charge in [0, 0.05) is 35.5 Å². The number of aliphatic hydroxyl groups excluding tert-OH is 1. The molecule has 166 valence electrons. The summed E-state index contributed by atoms with van der Waals surface area (Å²) >= 11 is 6.14. The van der Waals surface area contributed by atoms with E-state index in [1.807, 2.05) is 0 Å². The van der Waals surface area contributed by atoms with Crippen molar-refractivity contribution in [1.82, 2.24) is 4.31 Å². The number of piperidine rings is 1. The van der Waals surface area contributed by atoms with Crippen LogP contribution < -0.4 is 5.32 Å². The summed E-state index contributed by atoms with van der Waals surface area (Å²) in [5.74, 6) is -5.47. The van der Waals surface area contributed by atoms with Crippen LogP contribution in [0.4, 0.5) is 18.9 Å². The van der Waals surface area contributed by atoms with Gasteiger partial charge in [0.2, 0.25) is 10.0 Å². The van der Waals surface area contributed by atoms with E-state index in [4.69, 9.17) is 11.6 Å². The first kappa shape index (κ1) is 22.1. The van der Waals surface area contributed by atoms with E-state index in [9.17, 15) is 31.5 Å². The average Bonchev–Trinajstić information content (AvgIpc) is 2.99. The fraction of sp³-hybridized carbons (Fsp3) is 0.350. The third-order valence-corrected chi connectivity index (χ3v) is 8.12. The van der Waals surface area contributed by atoms with E-state index < -0.39 is 39.5 Å². The molecule has 1 amide bonds. The van der Waals surface area contributed by atoms with Crippen LogP contribution in [0, 0.1) is 17.5 Å². The number of rotatable bonds is 4. The molecule has 2 N–H and O–H groups in total. The highest BCUT2D eigenvalue weighted by Crippen LogP contribution is 2.41. The Morgan fingerprint density at radius 3 is 2.23 bits per heavy atom. The molecule has 2 aromatic carbocycles. The van der Waals surface area contributed by atoms with Gasteiger partial charge >= 0.3 is 0 Å². The second kappa shape index (κ2) is 8.09. The number of amides is 1. The number of fused-ring (bicyclic) bond motifs is 2. The maximum Gasteiger partial charge on any atom is 0.255 e. The van der Waals surface area contributed by atoms with Crippen molar-refractivity contribution in [2.45, 2.75) is 48.8 Å². The SMILES string of the molecule is O=C(Nc1cc(F)c(F)c(F)c1)c1ccc(Cl)c(S(=O)(=O)N2C3CC[C@@H]2C[C@@H](O)C3)c1. The average molecular weight is 475 g/mol. The van der Waals surface area contributed by atoms with Crippen LogP contribution in [-0.2, 0) is 10.0 Å². The summed E-state index contributed by atoms with van der Waals surface area (Å²) in [5.41, 5.74) is -0.443. The zero-order valence-corrected chi connectivity index (χ0v) is 17.6. The summed E-state index contributed by atoms with van der Waals surface area (Å²) < 4.78 is 67.9. The van der Waals surface area contributed by atoms with Crippen molar-refractivity contribution in [1.29, 1.82) is 0 Å². The second-order valence-corrected chi connectivity index (χ2v) is 9.92. The Hall–Kier alpha value is -2.14. The van der Waals surface area contributed by atoms with Crippen LogP contribution in [0.1, 0.15) is 36.0 Å². The Morgan fingerprint density at radius 2 is 1.65 bits per heavy atom. The highest BCUT2D eigenvalue weighted by atomic mass is 35.5. The van der Waals surface area contributed by atoms with Crippen molar-refractivity contribution in [3.63, 3.8) is 0 Å². The summed E-state index contributed by atoms with van der Waals surface area (Å²) in [6.45, 7) is 0. The second-order valence-electron chi connectivity index (χ2n) is 7.70. The van der Waals surface area contributed by atoms with Crippen LogP contribution in [0.25, 0.3) is 0 Å². The summed E-state index contributed by atoms with van der Waals surface area (Å²) in [6.07, 6.45) is 1.35. The van der Waals surface area contributed by atoms with Gasteiger partial charge in [-0.2, -0.15) is 4.31 Å². The molecule has 0 aliphatic carbocycles. The Balaban J connectivity index is 1.64. The summed E-state index contributed by atoms with van der Waals surface area (Å²) in [5, 5.41) is 12.1. The summed E-state index contributed by atoms with van der Waals surface area (Å²) in [4.78, 5) is 12.3. The number of aliphatic hydroxyl groups is 1. The molecule has 31 heavy (non-hydrogen) atoms. The lowest BCUT2D eigenvalue weighted by atomic mass is 10.0. The summed E-state index contributed by atoms with van der Waals surface area (Å²) in [7, 11) is -4.06. The quantitative estimate of drug-likeness (QED) is 0.662. The number of carbonyl (C=O) groups excluding carboxylic acids is 1. The number of carbonyl (C=O) groups is 1. The number of nitrogens with one attached hydrogen (secondary N) is 1. The fourth-order valence-corrected chi connectivity index (χ4v) is 6.68. The Labute approximate surface area is 181 Å². The van der Waals surface area contributed by atoms with E-state index >= 15 is 0 Å². The molecule has 2 bridgehead atoms. The van der Waals surface area contributed by atoms with Crippen molar-refractivity contribution in [3.8, 4) is 0 Å². The highest BCUT2D eigenvalue weighted by Gasteiger charge is 2.47. The molecule has 0 radical (unpaired) electrons. The highest BCUT2D eigenvalue weighted by molar-refractivity contribution is 7.89. The van der Waals surface area contributed by atoms with Crippen LogP contribution >= 0.6 is 11.6 Å². The van der Waals surface area contributed by atoms with Crippen molar-refractivity contribution in [2.24, 2.45) is 0 Å². The van der Waals surface area contributed by atoms with Crippen LogP contribution in [-0.4, -0.2) is 41.9 Å². The van der Waals surface area contributed by atoms with E-state index in [0.29, 0.717) is 37.8 Å². The number of sulfonamides is 1. The normalized spacial score (nSPS) is 23.7. The summed E-state index contributed by atoms with van der Waals surface area (Å²) in [6, 6.07) is 4.13. The minimum Gasteiger partial charge on any atom is -0.393 e. The number of anilines is 1. The molecular formula is C20H18ClF3N2O4S. The molecule has 2 aliphatic rings. The molecule has 1 unspecified atom stereocenters. The fourth-order valence-electron chi connectivity index (χ4n) is 4.28. The van der Waals surface area contributed by atoms with E-state index in [2.05, 4.69) is 5.32 Å². The maximum absolute atomic E-state index is 13.4. The van der Waals surface area contributed by atoms with E-state index in [-0.39, 0.29) is 33.3 Å². The zero-order chi connectivity index (χ0) is 22.5. The van der Waals surface area contributed by atoms with Crippen LogP contribution in [0.5, 0.6) is 0 Å². The van der Waals surface area contributed by atoms with Gasteiger partial charge in [0.15, 0.2) is 17.5 Å². The molecule has 2 saturated heterocycles. The Bertz CT molecular complexity index is 1120. The smallest absolute Gasteiger partial charge is 0.255 e. The monoisotopic (exact) mass is 474 g/mol. The van der Waals surface area contributed by atoms with Gasteiger partial charge in [-0.1, -0.05) is 11.6 Å².